The van der Waals surface area contributed by atoms with Gasteiger partial charge in [0.25, 0.3) is 5.91 Å². The first kappa shape index (κ1) is 18.9. The van der Waals surface area contributed by atoms with Crippen molar-refractivity contribution in [1.29, 1.82) is 0 Å². The third-order valence-electron chi connectivity index (χ3n) is 5.73. The van der Waals surface area contributed by atoms with Gasteiger partial charge in [-0.1, -0.05) is 25.0 Å². The number of hydrogen-bond acceptors (Lipinski definition) is 5. The first-order valence-electron chi connectivity index (χ1n) is 9.78. The van der Waals surface area contributed by atoms with Crippen molar-refractivity contribution in [3.63, 3.8) is 0 Å². The van der Waals surface area contributed by atoms with E-state index in [1.807, 2.05) is 17.3 Å². The van der Waals surface area contributed by atoms with E-state index in [9.17, 15) is 9.18 Å². The number of carbonyl (C=O) groups is 1. The molecule has 2 aliphatic heterocycles. The van der Waals surface area contributed by atoms with Crippen LogP contribution in [0.2, 0.25) is 0 Å². The van der Waals surface area contributed by atoms with Gasteiger partial charge in [-0.15, -0.1) is 11.8 Å². The van der Waals surface area contributed by atoms with Gasteiger partial charge in [0.2, 0.25) is 0 Å². The third kappa shape index (κ3) is 4.52. The lowest BCUT2D eigenvalue weighted by Gasteiger charge is -2.32. The summed E-state index contributed by atoms with van der Waals surface area (Å²) in [7, 11) is 0. The third-order valence-corrected chi connectivity index (χ3v) is 6.84. The maximum Gasteiger partial charge on any atom is 0.254 e. The van der Waals surface area contributed by atoms with Crippen molar-refractivity contribution in [1.82, 2.24) is 10.6 Å². The molecule has 0 aromatic heterocycles. The highest BCUT2D eigenvalue weighted by molar-refractivity contribution is 8.12. The minimum atomic E-state index is -0.503. The van der Waals surface area contributed by atoms with Crippen LogP contribution in [-0.2, 0) is 4.74 Å². The van der Waals surface area contributed by atoms with Gasteiger partial charge in [-0.2, -0.15) is 0 Å². The van der Waals surface area contributed by atoms with Gasteiger partial charge in [0.15, 0.2) is 0 Å². The van der Waals surface area contributed by atoms with Crippen molar-refractivity contribution in [2.24, 2.45) is 10.9 Å². The highest BCUT2D eigenvalue weighted by Crippen LogP contribution is 2.37. The molecule has 146 valence electrons. The van der Waals surface area contributed by atoms with Gasteiger partial charge in [-0.25, -0.2) is 4.39 Å². The summed E-state index contributed by atoms with van der Waals surface area (Å²) in [5, 5.41) is 6.91. The molecule has 1 saturated carbocycles. The fourth-order valence-electron chi connectivity index (χ4n) is 4.35. The number of carbonyl (C=O) groups excluding carboxylic acids is 1. The molecule has 1 saturated heterocycles. The van der Waals surface area contributed by atoms with Crippen LogP contribution < -0.4 is 10.6 Å². The van der Waals surface area contributed by atoms with Gasteiger partial charge < -0.3 is 10.1 Å². The number of fused-ring (bicyclic) bond motifs is 3. The zero-order chi connectivity index (χ0) is 18.6. The molecule has 1 aromatic carbocycles. The standard InChI is InChI=1S/C20H26FN3O2S/c21-16-7-3-2-6-14(16)20(25)23-11-19-24-13-5-1-4-8-17(26-19)15(9-13)18-10-22-12-27-18/h2-3,6-7,12-13,15,17-19,24H,1,4-5,8-11H2,(H,23,25). The van der Waals surface area contributed by atoms with Gasteiger partial charge in [0.1, 0.15) is 12.0 Å². The summed E-state index contributed by atoms with van der Waals surface area (Å²) in [6.07, 6.45) is 5.57. The molecule has 27 heavy (non-hydrogen) atoms. The average molecular weight is 392 g/mol. The van der Waals surface area contributed by atoms with E-state index in [2.05, 4.69) is 15.6 Å². The molecule has 5 nitrogen and oxygen atoms in total. The van der Waals surface area contributed by atoms with Gasteiger partial charge in [-0.05, 0) is 31.4 Å². The smallest absolute Gasteiger partial charge is 0.254 e. The number of aliphatic imine (C=N–C) groups is 1. The number of halogens is 1. The van der Waals surface area contributed by atoms with E-state index >= 15 is 0 Å². The Labute approximate surface area is 163 Å². The number of rotatable bonds is 4. The largest absolute Gasteiger partial charge is 0.358 e. The highest BCUT2D eigenvalue weighted by atomic mass is 32.2. The van der Waals surface area contributed by atoms with Crippen molar-refractivity contribution in [3.8, 4) is 0 Å². The molecule has 1 amide bonds. The second-order valence-electron chi connectivity index (χ2n) is 7.55. The van der Waals surface area contributed by atoms with E-state index in [4.69, 9.17) is 4.74 Å². The van der Waals surface area contributed by atoms with E-state index in [0.717, 1.165) is 25.8 Å². The second-order valence-corrected chi connectivity index (χ2v) is 8.63. The summed E-state index contributed by atoms with van der Waals surface area (Å²) < 4.78 is 20.2. The summed E-state index contributed by atoms with van der Waals surface area (Å²) in [5.41, 5.74) is 2.04. The molecule has 5 unspecified atom stereocenters. The van der Waals surface area contributed by atoms with Crippen LogP contribution in [0, 0.1) is 11.7 Å². The molecule has 1 aliphatic carbocycles. The van der Waals surface area contributed by atoms with E-state index in [0.29, 0.717) is 23.8 Å². The number of thioether (sulfide) groups is 1. The Morgan fingerprint density at radius 2 is 2.19 bits per heavy atom. The van der Waals surface area contributed by atoms with Crippen LogP contribution in [0.4, 0.5) is 4.39 Å². The van der Waals surface area contributed by atoms with Crippen molar-refractivity contribution < 1.29 is 13.9 Å². The average Bonchev–Trinajstić information content (AvgIpc) is 3.15. The quantitative estimate of drug-likeness (QED) is 0.828. The van der Waals surface area contributed by atoms with E-state index in [1.165, 1.54) is 25.0 Å². The predicted molar refractivity (Wildman–Crippen MR) is 106 cm³/mol. The van der Waals surface area contributed by atoms with Crippen LogP contribution in [0.15, 0.2) is 29.3 Å². The topological polar surface area (TPSA) is 62.7 Å². The first-order valence-corrected chi connectivity index (χ1v) is 10.7. The number of hydrogen-bond donors (Lipinski definition) is 2. The molecule has 1 aromatic rings. The minimum absolute atomic E-state index is 0.0703. The van der Waals surface area contributed by atoms with Crippen LogP contribution in [0.1, 0.15) is 42.5 Å². The Morgan fingerprint density at radius 1 is 1.33 bits per heavy atom. The summed E-state index contributed by atoms with van der Waals surface area (Å²) in [4.78, 5) is 16.7. The molecule has 2 N–H and O–H groups in total. The SMILES string of the molecule is O=C(NCC1NC2CCCCC(O1)C(C1CN=CS1)C2)c1ccccc1F. The molecule has 7 heteroatoms. The van der Waals surface area contributed by atoms with Crippen molar-refractivity contribution in [2.75, 3.05) is 13.1 Å². The van der Waals surface area contributed by atoms with Crippen LogP contribution in [0.25, 0.3) is 0 Å². The number of benzene rings is 1. The molecular weight excluding hydrogens is 365 g/mol. The lowest BCUT2D eigenvalue weighted by molar-refractivity contribution is -0.0440. The maximum atomic E-state index is 13.8. The predicted octanol–water partition coefficient (Wildman–Crippen LogP) is 2.96. The number of ether oxygens (including phenoxy) is 1. The normalized spacial score (nSPS) is 33.3. The van der Waals surface area contributed by atoms with E-state index < -0.39 is 11.7 Å². The Hall–Kier alpha value is -1.44. The van der Waals surface area contributed by atoms with E-state index in [-0.39, 0.29) is 17.9 Å². The molecule has 4 rings (SSSR count). The molecule has 0 radical (unpaired) electrons. The lowest BCUT2D eigenvalue weighted by Crippen LogP contribution is -2.46. The van der Waals surface area contributed by atoms with Gasteiger partial charge in [0.05, 0.1) is 30.3 Å². The zero-order valence-corrected chi connectivity index (χ0v) is 16.1. The minimum Gasteiger partial charge on any atom is -0.358 e. The van der Waals surface area contributed by atoms with Crippen LogP contribution in [0.3, 0.4) is 0 Å². The van der Waals surface area contributed by atoms with Crippen molar-refractivity contribution in [3.05, 3.63) is 35.6 Å². The molecule has 2 fully saturated rings. The Morgan fingerprint density at radius 3 is 3.00 bits per heavy atom. The lowest BCUT2D eigenvalue weighted by atomic mass is 9.84. The summed E-state index contributed by atoms with van der Waals surface area (Å²) in [5.74, 6) is -0.429. The Bertz CT molecular complexity index is 694. The summed E-state index contributed by atoms with van der Waals surface area (Å²) >= 11 is 1.82. The van der Waals surface area contributed by atoms with Gasteiger partial charge in [-0.3, -0.25) is 15.1 Å². The van der Waals surface area contributed by atoms with Crippen LogP contribution >= 0.6 is 11.8 Å². The second kappa shape index (κ2) is 8.71. The summed E-state index contributed by atoms with van der Waals surface area (Å²) in [6.45, 7) is 1.21. The molecule has 3 aliphatic rings. The Kier molecular flexibility index (Phi) is 6.10. The van der Waals surface area contributed by atoms with Crippen LogP contribution in [0.5, 0.6) is 0 Å². The van der Waals surface area contributed by atoms with E-state index in [1.54, 1.807) is 12.1 Å². The van der Waals surface area contributed by atoms with Crippen molar-refractivity contribution in [2.45, 2.75) is 55.7 Å². The number of amides is 1. The molecule has 2 heterocycles. The molecule has 0 spiro atoms. The van der Waals surface area contributed by atoms with Gasteiger partial charge in [0, 0.05) is 17.2 Å². The maximum absolute atomic E-state index is 13.8. The monoisotopic (exact) mass is 391 g/mol. The van der Waals surface area contributed by atoms with Crippen molar-refractivity contribution >= 4 is 23.2 Å². The van der Waals surface area contributed by atoms with Crippen LogP contribution in [-0.4, -0.2) is 48.2 Å². The number of nitrogens with zero attached hydrogens (tertiary/aromatic N) is 1. The zero-order valence-electron chi connectivity index (χ0n) is 15.3. The first-order chi connectivity index (χ1) is 13.2. The fourth-order valence-corrected chi connectivity index (χ4v) is 5.34. The fraction of sp³-hybridized carbons (Fsp3) is 0.600. The summed E-state index contributed by atoms with van der Waals surface area (Å²) in [6, 6.07) is 6.43. The van der Waals surface area contributed by atoms with Gasteiger partial charge >= 0.3 is 0 Å². The Balaban J connectivity index is 1.41. The number of nitrogens with one attached hydrogen (secondary N) is 2. The molecule has 2 bridgehead atoms. The highest BCUT2D eigenvalue weighted by Gasteiger charge is 2.39. The molecular formula is C20H26FN3O2S. The molecule has 5 atom stereocenters.